The molecule has 0 fully saturated rings. The van der Waals surface area contributed by atoms with Crippen molar-refractivity contribution in [2.75, 3.05) is 31.6 Å². The summed E-state index contributed by atoms with van der Waals surface area (Å²) in [5, 5.41) is 2.88. The molecule has 40 heavy (non-hydrogen) atoms. The molecule has 1 atom stereocenters. The van der Waals surface area contributed by atoms with Gasteiger partial charge in [-0.05, 0) is 43.2 Å². The van der Waals surface area contributed by atoms with Crippen molar-refractivity contribution in [2.24, 2.45) is 0 Å². The molecule has 1 N–H and O–H groups in total. The Morgan fingerprint density at radius 1 is 0.900 bits per heavy atom. The van der Waals surface area contributed by atoms with Gasteiger partial charge in [-0.1, -0.05) is 61.9 Å². The van der Waals surface area contributed by atoms with Gasteiger partial charge in [-0.25, -0.2) is 8.42 Å². The second-order valence-corrected chi connectivity index (χ2v) is 11.1. The molecular formula is C30H37N3O6S. The molecule has 0 aliphatic carbocycles. The summed E-state index contributed by atoms with van der Waals surface area (Å²) in [7, 11) is -1.25. The highest BCUT2D eigenvalue weighted by atomic mass is 32.2. The fourth-order valence-electron chi connectivity index (χ4n) is 4.13. The lowest BCUT2D eigenvalue weighted by Gasteiger charge is -2.32. The average Bonchev–Trinajstić information content (AvgIpc) is 2.98. The molecule has 0 saturated carbocycles. The highest BCUT2D eigenvalue weighted by Crippen LogP contribution is 2.34. The Hall–Kier alpha value is -4.05. The lowest BCUT2D eigenvalue weighted by molar-refractivity contribution is -0.139. The third-order valence-electron chi connectivity index (χ3n) is 6.46. The van der Waals surface area contributed by atoms with E-state index in [0.29, 0.717) is 18.0 Å². The largest absolute Gasteiger partial charge is 0.493 e. The van der Waals surface area contributed by atoms with Crippen LogP contribution in [0, 0.1) is 0 Å². The standard InChI is InChI=1S/C30H37N3O6S/c1-5-6-19-31-30(35)23(2)32(21-24-13-9-7-10-14-24)29(34)22-33(40(36,37)26-15-11-8-12-16-26)25-17-18-27(38-3)28(20-25)39-4/h7-18,20,23H,5-6,19,21-22H2,1-4H3,(H,31,35). The van der Waals surface area contributed by atoms with Gasteiger partial charge in [-0.3, -0.25) is 13.9 Å². The summed E-state index contributed by atoms with van der Waals surface area (Å²) in [6.07, 6.45) is 1.73. The van der Waals surface area contributed by atoms with E-state index in [9.17, 15) is 18.0 Å². The van der Waals surface area contributed by atoms with E-state index in [4.69, 9.17) is 9.47 Å². The van der Waals surface area contributed by atoms with E-state index in [2.05, 4.69) is 5.32 Å². The van der Waals surface area contributed by atoms with Gasteiger partial charge >= 0.3 is 0 Å². The SMILES string of the molecule is CCCCNC(=O)C(C)N(Cc1ccccc1)C(=O)CN(c1ccc(OC)c(OC)c1)S(=O)(=O)c1ccccc1. The zero-order chi connectivity index (χ0) is 29.1. The Labute approximate surface area is 236 Å². The normalized spacial score (nSPS) is 11.8. The molecule has 0 heterocycles. The number of nitrogens with zero attached hydrogens (tertiary/aromatic N) is 2. The monoisotopic (exact) mass is 567 g/mol. The first-order valence-corrected chi connectivity index (χ1v) is 14.6. The van der Waals surface area contributed by atoms with E-state index in [1.807, 2.05) is 37.3 Å². The maximum absolute atomic E-state index is 13.9. The maximum atomic E-state index is 13.9. The highest BCUT2D eigenvalue weighted by Gasteiger charge is 2.32. The number of unbranched alkanes of at least 4 members (excludes halogenated alkanes) is 1. The van der Waals surface area contributed by atoms with E-state index in [1.165, 1.54) is 37.3 Å². The fraction of sp³-hybridized carbons (Fsp3) is 0.333. The summed E-state index contributed by atoms with van der Waals surface area (Å²) in [6, 6.07) is 21.0. The predicted molar refractivity (Wildman–Crippen MR) is 155 cm³/mol. The second-order valence-electron chi connectivity index (χ2n) is 9.19. The van der Waals surface area contributed by atoms with Gasteiger partial charge in [0.2, 0.25) is 11.8 Å². The second kappa shape index (κ2) is 14.4. The van der Waals surface area contributed by atoms with Crippen molar-refractivity contribution >= 4 is 27.5 Å². The summed E-state index contributed by atoms with van der Waals surface area (Å²) in [6.45, 7) is 3.76. The Morgan fingerprint density at radius 2 is 1.52 bits per heavy atom. The van der Waals surface area contributed by atoms with Gasteiger partial charge in [0.15, 0.2) is 11.5 Å². The van der Waals surface area contributed by atoms with Crippen LogP contribution in [0.25, 0.3) is 0 Å². The Bertz CT molecular complexity index is 1370. The van der Waals surface area contributed by atoms with Crippen molar-refractivity contribution in [3.63, 3.8) is 0 Å². The first-order valence-electron chi connectivity index (χ1n) is 13.1. The number of carbonyl (C=O) groups excluding carboxylic acids is 2. The lowest BCUT2D eigenvalue weighted by atomic mass is 10.1. The van der Waals surface area contributed by atoms with Gasteiger partial charge < -0.3 is 19.7 Å². The van der Waals surface area contributed by atoms with Gasteiger partial charge in [-0.2, -0.15) is 0 Å². The van der Waals surface area contributed by atoms with E-state index in [0.717, 1.165) is 22.7 Å². The first-order chi connectivity index (χ1) is 19.2. The summed E-state index contributed by atoms with van der Waals surface area (Å²) < 4.78 is 39.5. The van der Waals surface area contributed by atoms with Crippen LogP contribution in [0.2, 0.25) is 0 Å². The maximum Gasteiger partial charge on any atom is 0.264 e. The Kier molecular flexibility index (Phi) is 11.0. The van der Waals surface area contributed by atoms with Gasteiger partial charge in [0.05, 0.1) is 24.8 Å². The van der Waals surface area contributed by atoms with Crippen LogP contribution in [0.5, 0.6) is 11.5 Å². The van der Waals surface area contributed by atoms with Gasteiger partial charge in [0.25, 0.3) is 10.0 Å². The average molecular weight is 568 g/mol. The van der Waals surface area contributed by atoms with Crippen molar-refractivity contribution in [1.82, 2.24) is 10.2 Å². The third kappa shape index (κ3) is 7.53. The van der Waals surface area contributed by atoms with Crippen molar-refractivity contribution in [3.8, 4) is 11.5 Å². The predicted octanol–water partition coefficient (Wildman–Crippen LogP) is 4.23. The van der Waals surface area contributed by atoms with Crippen LogP contribution in [-0.2, 0) is 26.2 Å². The molecule has 0 saturated heterocycles. The number of methoxy groups -OCH3 is 2. The molecule has 214 valence electrons. The van der Waals surface area contributed by atoms with E-state index in [-0.39, 0.29) is 23.0 Å². The molecule has 0 bridgehead atoms. The summed E-state index contributed by atoms with van der Waals surface area (Å²) >= 11 is 0. The minimum absolute atomic E-state index is 0.0255. The van der Waals surface area contributed by atoms with Crippen molar-refractivity contribution in [2.45, 2.75) is 44.2 Å². The molecule has 0 aliphatic heterocycles. The Balaban J connectivity index is 2.03. The molecular weight excluding hydrogens is 530 g/mol. The molecule has 0 aliphatic rings. The smallest absolute Gasteiger partial charge is 0.264 e. The van der Waals surface area contributed by atoms with Crippen LogP contribution in [0.3, 0.4) is 0 Å². The van der Waals surface area contributed by atoms with Gasteiger partial charge in [-0.15, -0.1) is 0 Å². The van der Waals surface area contributed by atoms with Crippen LogP contribution >= 0.6 is 0 Å². The number of sulfonamides is 1. The summed E-state index contributed by atoms with van der Waals surface area (Å²) in [5.41, 5.74) is 1.03. The third-order valence-corrected chi connectivity index (χ3v) is 8.25. The van der Waals surface area contributed by atoms with Gasteiger partial charge in [0, 0.05) is 19.2 Å². The molecule has 9 nitrogen and oxygen atoms in total. The number of amides is 2. The quantitative estimate of drug-likeness (QED) is 0.292. The molecule has 3 aromatic rings. The van der Waals surface area contributed by atoms with Crippen molar-refractivity contribution < 1.29 is 27.5 Å². The lowest BCUT2D eigenvalue weighted by Crippen LogP contribution is -2.51. The van der Waals surface area contributed by atoms with Crippen LogP contribution in [0.15, 0.2) is 83.8 Å². The zero-order valence-corrected chi connectivity index (χ0v) is 24.2. The molecule has 0 spiro atoms. The van der Waals surface area contributed by atoms with E-state index in [1.54, 1.807) is 37.3 Å². The number of nitrogens with one attached hydrogen (secondary N) is 1. The number of anilines is 1. The fourth-order valence-corrected chi connectivity index (χ4v) is 5.55. The van der Waals surface area contributed by atoms with Crippen LogP contribution < -0.4 is 19.1 Å². The van der Waals surface area contributed by atoms with Crippen molar-refractivity contribution in [3.05, 3.63) is 84.4 Å². The molecule has 2 amide bonds. The van der Waals surface area contributed by atoms with Crippen molar-refractivity contribution in [1.29, 1.82) is 0 Å². The van der Waals surface area contributed by atoms with Gasteiger partial charge in [0.1, 0.15) is 12.6 Å². The molecule has 0 radical (unpaired) electrons. The molecule has 3 rings (SSSR count). The first kappa shape index (κ1) is 30.5. The molecule has 3 aromatic carbocycles. The molecule has 1 unspecified atom stereocenters. The van der Waals surface area contributed by atoms with E-state index < -0.39 is 28.5 Å². The minimum atomic E-state index is -4.17. The summed E-state index contributed by atoms with van der Waals surface area (Å²) in [4.78, 5) is 28.4. The number of ether oxygens (including phenoxy) is 2. The van der Waals surface area contributed by atoms with Crippen LogP contribution in [-0.4, -0.2) is 58.5 Å². The topological polar surface area (TPSA) is 105 Å². The minimum Gasteiger partial charge on any atom is -0.493 e. The highest BCUT2D eigenvalue weighted by molar-refractivity contribution is 7.92. The van der Waals surface area contributed by atoms with E-state index >= 15 is 0 Å². The Morgan fingerprint density at radius 3 is 2.12 bits per heavy atom. The number of hydrogen-bond acceptors (Lipinski definition) is 6. The van der Waals surface area contributed by atoms with Crippen LogP contribution in [0.4, 0.5) is 5.69 Å². The number of benzene rings is 3. The number of hydrogen-bond donors (Lipinski definition) is 1. The number of carbonyl (C=O) groups is 2. The van der Waals surface area contributed by atoms with Crippen LogP contribution in [0.1, 0.15) is 32.3 Å². The zero-order valence-electron chi connectivity index (χ0n) is 23.4. The number of rotatable bonds is 14. The molecule has 0 aromatic heterocycles. The molecule has 10 heteroatoms. The summed E-state index contributed by atoms with van der Waals surface area (Å²) in [5.74, 6) is -0.110.